The highest BCUT2D eigenvalue weighted by Crippen LogP contribution is 2.38. The number of nitro groups is 1. The number of benzene rings is 3. The average molecular weight is 389 g/mol. The largest absolute Gasteiger partial charge is 0.489 e. The second-order valence-electron chi connectivity index (χ2n) is 5.79. The standard InChI is InChI=1S/C20H14F3NO4/c21-20(22,23)15-6-11-19(18(12-15)24(25)26)28-17-9-7-16(8-10-17)27-13-14-4-2-1-3-5-14/h1-12H,13H2. The predicted octanol–water partition coefficient (Wildman–Crippen LogP) is 5.98. The van der Waals surface area contributed by atoms with Crippen molar-refractivity contribution in [1.29, 1.82) is 0 Å². The van der Waals surface area contributed by atoms with Crippen molar-refractivity contribution in [2.45, 2.75) is 12.8 Å². The monoisotopic (exact) mass is 389 g/mol. The van der Waals surface area contributed by atoms with Crippen LogP contribution in [0.5, 0.6) is 17.2 Å². The van der Waals surface area contributed by atoms with E-state index in [1.807, 2.05) is 30.3 Å². The highest BCUT2D eigenvalue weighted by Gasteiger charge is 2.33. The van der Waals surface area contributed by atoms with Gasteiger partial charge in [0.05, 0.1) is 10.5 Å². The molecule has 0 fully saturated rings. The third-order valence-corrected chi connectivity index (χ3v) is 3.78. The molecular formula is C20H14F3NO4. The molecule has 0 atom stereocenters. The maximum absolute atomic E-state index is 12.8. The maximum Gasteiger partial charge on any atom is 0.416 e. The number of hydrogen-bond acceptors (Lipinski definition) is 4. The fourth-order valence-electron chi connectivity index (χ4n) is 2.39. The van der Waals surface area contributed by atoms with Crippen LogP contribution in [-0.2, 0) is 12.8 Å². The SMILES string of the molecule is O=[N+]([O-])c1cc(C(F)(F)F)ccc1Oc1ccc(OCc2ccccc2)cc1. The summed E-state index contributed by atoms with van der Waals surface area (Å²) in [6.07, 6.45) is -4.68. The highest BCUT2D eigenvalue weighted by atomic mass is 19.4. The molecule has 0 radical (unpaired) electrons. The Morgan fingerprint density at radius 1 is 0.893 bits per heavy atom. The first-order valence-electron chi connectivity index (χ1n) is 8.13. The summed E-state index contributed by atoms with van der Waals surface area (Å²) in [4.78, 5) is 10.2. The normalized spacial score (nSPS) is 11.1. The fraction of sp³-hybridized carbons (Fsp3) is 0.100. The molecule has 0 heterocycles. The van der Waals surface area contributed by atoms with Gasteiger partial charge in [0, 0.05) is 6.07 Å². The van der Waals surface area contributed by atoms with Gasteiger partial charge in [0.15, 0.2) is 0 Å². The van der Waals surface area contributed by atoms with Gasteiger partial charge in [-0.15, -0.1) is 0 Å². The summed E-state index contributed by atoms with van der Waals surface area (Å²) in [5.41, 5.74) is -0.890. The van der Waals surface area contributed by atoms with Crippen molar-refractivity contribution in [2.75, 3.05) is 0 Å². The molecule has 0 saturated heterocycles. The van der Waals surface area contributed by atoms with E-state index >= 15 is 0 Å². The minimum absolute atomic E-state index is 0.231. The summed E-state index contributed by atoms with van der Waals surface area (Å²) in [7, 11) is 0. The Morgan fingerprint density at radius 3 is 2.14 bits per heavy atom. The first kappa shape index (κ1) is 19.2. The zero-order valence-corrected chi connectivity index (χ0v) is 14.3. The van der Waals surface area contributed by atoms with Crippen molar-refractivity contribution in [3.63, 3.8) is 0 Å². The Balaban J connectivity index is 1.72. The van der Waals surface area contributed by atoms with E-state index in [2.05, 4.69) is 0 Å². The van der Waals surface area contributed by atoms with Crippen molar-refractivity contribution in [3.8, 4) is 17.2 Å². The molecule has 0 aliphatic carbocycles. The van der Waals surface area contributed by atoms with Crippen molar-refractivity contribution in [1.82, 2.24) is 0 Å². The second-order valence-corrected chi connectivity index (χ2v) is 5.79. The van der Waals surface area contributed by atoms with Gasteiger partial charge < -0.3 is 9.47 Å². The van der Waals surface area contributed by atoms with Crippen LogP contribution in [0.1, 0.15) is 11.1 Å². The predicted molar refractivity (Wildman–Crippen MR) is 95.4 cm³/mol. The summed E-state index contributed by atoms with van der Waals surface area (Å²) in [5.74, 6) is 0.504. The molecule has 3 rings (SSSR count). The molecule has 3 aromatic rings. The summed E-state index contributed by atoms with van der Waals surface area (Å²) in [6, 6.07) is 17.9. The molecule has 0 N–H and O–H groups in total. The van der Waals surface area contributed by atoms with Gasteiger partial charge in [-0.25, -0.2) is 0 Å². The maximum atomic E-state index is 12.8. The first-order valence-corrected chi connectivity index (χ1v) is 8.13. The first-order chi connectivity index (χ1) is 13.3. The van der Waals surface area contributed by atoms with Crippen LogP contribution >= 0.6 is 0 Å². The van der Waals surface area contributed by atoms with E-state index in [1.165, 1.54) is 12.1 Å². The van der Waals surface area contributed by atoms with E-state index < -0.39 is 22.4 Å². The van der Waals surface area contributed by atoms with Crippen LogP contribution in [0.4, 0.5) is 18.9 Å². The second kappa shape index (κ2) is 7.99. The van der Waals surface area contributed by atoms with E-state index in [4.69, 9.17) is 9.47 Å². The Labute approximate surface area is 158 Å². The van der Waals surface area contributed by atoms with E-state index in [0.717, 1.165) is 17.7 Å². The van der Waals surface area contributed by atoms with Gasteiger partial charge in [0.25, 0.3) is 0 Å². The zero-order chi connectivity index (χ0) is 20.1. The lowest BCUT2D eigenvalue weighted by atomic mass is 10.2. The highest BCUT2D eigenvalue weighted by molar-refractivity contribution is 5.51. The number of hydrogen-bond donors (Lipinski definition) is 0. The number of alkyl halides is 3. The lowest BCUT2D eigenvalue weighted by molar-refractivity contribution is -0.385. The van der Waals surface area contributed by atoms with Crippen LogP contribution in [-0.4, -0.2) is 4.92 Å². The molecule has 5 nitrogen and oxygen atoms in total. The molecule has 0 unspecified atom stereocenters. The van der Waals surface area contributed by atoms with Gasteiger partial charge in [-0.05, 0) is 42.0 Å². The van der Waals surface area contributed by atoms with Crippen LogP contribution < -0.4 is 9.47 Å². The quantitative estimate of drug-likeness (QED) is 0.384. The molecule has 0 aromatic heterocycles. The topological polar surface area (TPSA) is 61.6 Å². The van der Waals surface area contributed by atoms with Gasteiger partial charge in [0.1, 0.15) is 18.1 Å². The minimum Gasteiger partial charge on any atom is -0.489 e. The molecule has 28 heavy (non-hydrogen) atoms. The van der Waals surface area contributed by atoms with Gasteiger partial charge in [-0.2, -0.15) is 13.2 Å². The van der Waals surface area contributed by atoms with E-state index in [-0.39, 0.29) is 11.5 Å². The van der Waals surface area contributed by atoms with Crippen molar-refractivity contribution in [3.05, 3.63) is 94.0 Å². The van der Waals surface area contributed by atoms with Gasteiger partial charge in [0.2, 0.25) is 5.75 Å². The molecular weight excluding hydrogens is 375 g/mol. The molecule has 144 valence electrons. The smallest absolute Gasteiger partial charge is 0.416 e. The molecule has 0 aliphatic rings. The number of halogens is 3. The fourth-order valence-corrected chi connectivity index (χ4v) is 2.39. The third-order valence-electron chi connectivity index (χ3n) is 3.78. The minimum atomic E-state index is -4.68. The van der Waals surface area contributed by atoms with Crippen LogP contribution in [0.2, 0.25) is 0 Å². The van der Waals surface area contributed by atoms with E-state index in [1.54, 1.807) is 12.1 Å². The molecule has 8 heteroatoms. The summed E-state index contributed by atoms with van der Waals surface area (Å²) < 4.78 is 49.3. The van der Waals surface area contributed by atoms with Gasteiger partial charge in [-0.1, -0.05) is 30.3 Å². The third kappa shape index (κ3) is 4.79. The summed E-state index contributed by atoms with van der Waals surface area (Å²) in [5, 5.41) is 11.1. The molecule has 0 amide bonds. The van der Waals surface area contributed by atoms with Crippen molar-refractivity contribution >= 4 is 5.69 Å². The van der Waals surface area contributed by atoms with Crippen LogP contribution in [0, 0.1) is 10.1 Å². The Hall–Kier alpha value is -3.55. The lowest BCUT2D eigenvalue weighted by Gasteiger charge is -2.11. The van der Waals surface area contributed by atoms with E-state index in [9.17, 15) is 23.3 Å². The molecule has 0 spiro atoms. The molecule has 0 saturated carbocycles. The number of ether oxygens (including phenoxy) is 2. The van der Waals surface area contributed by atoms with Crippen molar-refractivity contribution in [2.24, 2.45) is 0 Å². The summed E-state index contributed by atoms with van der Waals surface area (Å²) >= 11 is 0. The zero-order valence-electron chi connectivity index (χ0n) is 14.3. The Morgan fingerprint density at radius 2 is 1.54 bits per heavy atom. The number of nitrogens with zero attached hydrogens (tertiary/aromatic N) is 1. The van der Waals surface area contributed by atoms with Gasteiger partial charge >= 0.3 is 11.9 Å². The van der Waals surface area contributed by atoms with Gasteiger partial charge in [-0.3, -0.25) is 10.1 Å². The van der Waals surface area contributed by atoms with E-state index in [0.29, 0.717) is 18.4 Å². The lowest BCUT2D eigenvalue weighted by Crippen LogP contribution is -2.06. The molecule has 0 aliphatic heterocycles. The van der Waals surface area contributed by atoms with Crippen LogP contribution in [0.25, 0.3) is 0 Å². The van der Waals surface area contributed by atoms with Crippen molar-refractivity contribution < 1.29 is 27.6 Å². The molecule has 3 aromatic carbocycles. The Bertz CT molecular complexity index is 957. The van der Waals surface area contributed by atoms with Crippen LogP contribution in [0.15, 0.2) is 72.8 Å². The Kier molecular flexibility index (Phi) is 5.49. The number of nitro benzene ring substituents is 1. The average Bonchev–Trinajstić information content (AvgIpc) is 2.67. The molecule has 0 bridgehead atoms. The number of rotatable bonds is 6. The van der Waals surface area contributed by atoms with Crippen LogP contribution in [0.3, 0.4) is 0 Å². The summed E-state index contributed by atoms with van der Waals surface area (Å²) in [6.45, 7) is 0.366.